The van der Waals surface area contributed by atoms with E-state index < -0.39 is 0 Å². The van der Waals surface area contributed by atoms with Crippen molar-refractivity contribution in [3.63, 3.8) is 0 Å². The molecule has 0 amide bonds. The molecule has 2 rings (SSSR count). The van der Waals surface area contributed by atoms with Gasteiger partial charge in [0.25, 0.3) is 0 Å². The highest BCUT2D eigenvalue weighted by atomic mass is 14.3. The molecule has 1 aliphatic carbocycles. The first kappa shape index (κ1) is 12.7. The third-order valence-electron chi connectivity index (χ3n) is 4.73. The van der Waals surface area contributed by atoms with Crippen LogP contribution in [0.3, 0.4) is 0 Å². The van der Waals surface area contributed by atoms with Crippen LogP contribution < -0.4 is 0 Å². The summed E-state index contributed by atoms with van der Waals surface area (Å²) in [4.78, 5) is 0. The van der Waals surface area contributed by atoms with E-state index in [1.807, 2.05) is 0 Å². The van der Waals surface area contributed by atoms with Gasteiger partial charge in [-0.15, -0.1) is 0 Å². The predicted molar refractivity (Wildman–Crippen MR) is 75.1 cm³/mol. The topological polar surface area (TPSA) is 0 Å². The molecule has 3 unspecified atom stereocenters. The SMILES string of the molecule is CC(C)C1CCCC(C(C)c2ccccc2)C1. The molecule has 0 saturated heterocycles. The van der Waals surface area contributed by atoms with Gasteiger partial charge in [-0.3, -0.25) is 0 Å². The van der Waals surface area contributed by atoms with Gasteiger partial charge < -0.3 is 0 Å². The summed E-state index contributed by atoms with van der Waals surface area (Å²) in [5.41, 5.74) is 1.53. The maximum Gasteiger partial charge on any atom is -0.0162 e. The Bertz CT molecular complexity index is 325. The first-order valence-electron chi connectivity index (χ1n) is 7.23. The van der Waals surface area contributed by atoms with Gasteiger partial charge >= 0.3 is 0 Å². The Morgan fingerprint density at radius 3 is 2.24 bits per heavy atom. The van der Waals surface area contributed by atoms with E-state index in [1.54, 1.807) is 0 Å². The summed E-state index contributed by atoms with van der Waals surface area (Å²) in [7, 11) is 0. The fourth-order valence-corrected chi connectivity index (χ4v) is 3.36. The van der Waals surface area contributed by atoms with Crippen LogP contribution in [0, 0.1) is 17.8 Å². The molecule has 0 heteroatoms. The average Bonchev–Trinajstić information content (AvgIpc) is 2.39. The van der Waals surface area contributed by atoms with Crippen molar-refractivity contribution < 1.29 is 0 Å². The minimum absolute atomic E-state index is 0.734. The van der Waals surface area contributed by atoms with Crippen molar-refractivity contribution in [1.82, 2.24) is 0 Å². The summed E-state index contributed by atoms with van der Waals surface area (Å²) < 4.78 is 0. The Kier molecular flexibility index (Phi) is 4.25. The van der Waals surface area contributed by atoms with Crippen molar-refractivity contribution in [3.8, 4) is 0 Å². The molecule has 0 aliphatic heterocycles. The number of hydrogen-bond acceptors (Lipinski definition) is 0. The zero-order valence-corrected chi connectivity index (χ0v) is 11.5. The molecule has 17 heavy (non-hydrogen) atoms. The van der Waals surface area contributed by atoms with E-state index >= 15 is 0 Å². The smallest absolute Gasteiger partial charge is 0.0162 e. The first-order chi connectivity index (χ1) is 8.18. The second-order valence-electron chi connectivity index (χ2n) is 6.13. The molecule has 1 aromatic rings. The molecule has 1 aromatic carbocycles. The van der Waals surface area contributed by atoms with Crippen LogP contribution in [0.5, 0.6) is 0 Å². The largest absolute Gasteiger partial charge is 0.0625 e. The molecule has 0 aromatic heterocycles. The van der Waals surface area contributed by atoms with Gasteiger partial charge in [-0.25, -0.2) is 0 Å². The summed E-state index contributed by atoms with van der Waals surface area (Å²) >= 11 is 0. The van der Waals surface area contributed by atoms with Gasteiger partial charge in [-0.1, -0.05) is 63.9 Å². The van der Waals surface area contributed by atoms with Gasteiger partial charge in [0.15, 0.2) is 0 Å². The Morgan fingerprint density at radius 2 is 1.59 bits per heavy atom. The van der Waals surface area contributed by atoms with E-state index in [2.05, 4.69) is 51.1 Å². The van der Waals surface area contributed by atoms with Gasteiger partial charge in [0.1, 0.15) is 0 Å². The highest BCUT2D eigenvalue weighted by Gasteiger charge is 2.28. The monoisotopic (exact) mass is 230 g/mol. The molecule has 1 fully saturated rings. The lowest BCUT2D eigenvalue weighted by atomic mass is 9.70. The molecule has 0 N–H and O–H groups in total. The van der Waals surface area contributed by atoms with Gasteiger partial charge in [0.2, 0.25) is 0 Å². The van der Waals surface area contributed by atoms with Gasteiger partial charge in [0.05, 0.1) is 0 Å². The third-order valence-corrected chi connectivity index (χ3v) is 4.73. The van der Waals surface area contributed by atoms with Crippen LogP contribution in [-0.2, 0) is 0 Å². The lowest BCUT2D eigenvalue weighted by molar-refractivity contribution is 0.196. The molecule has 0 radical (unpaired) electrons. The second kappa shape index (κ2) is 5.71. The summed E-state index contributed by atoms with van der Waals surface area (Å²) in [5.74, 6) is 3.46. The zero-order chi connectivity index (χ0) is 12.3. The average molecular weight is 230 g/mol. The molecule has 3 atom stereocenters. The predicted octanol–water partition coefficient (Wildman–Crippen LogP) is 5.25. The molecule has 94 valence electrons. The van der Waals surface area contributed by atoms with E-state index in [4.69, 9.17) is 0 Å². The molecule has 0 nitrogen and oxygen atoms in total. The minimum atomic E-state index is 0.734. The van der Waals surface area contributed by atoms with Gasteiger partial charge in [-0.2, -0.15) is 0 Å². The van der Waals surface area contributed by atoms with Crippen molar-refractivity contribution in [3.05, 3.63) is 35.9 Å². The Labute approximate surface area is 106 Å². The lowest BCUT2D eigenvalue weighted by Gasteiger charge is -2.35. The molecular formula is C17H26. The molecule has 0 spiro atoms. The highest BCUT2D eigenvalue weighted by molar-refractivity contribution is 5.19. The number of rotatable bonds is 3. The molecular weight excluding hydrogens is 204 g/mol. The van der Waals surface area contributed by atoms with E-state index in [0.717, 1.165) is 23.7 Å². The standard InChI is InChI=1S/C17H26/c1-13(2)16-10-7-11-17(12-16)14(3)15-8-5-4-6-9-15/h4-6,8-9,13-14,16-17H,7,10-12H2,1-3H3. The second-order valence-corrected chi connectivity index (χ2v) is 6.13. The Balaban J connectivity index is 2.02. The summed E-state index contributed by atoms with van der Waals surface area (Å²) in [6, 6.07) is 11.1. The van der Waals surface area contributed by atoms with Crippen LogP contribution in [0.15, 0.2) is 30.3 Å². The van der Waals surface area contributed by atoms with Crippen LogP contribution in [0.4, 0.5) is 0 Å². The summed E-state index contributed by atoms with van der Waals surface area (Å²) in [5, 5.41) is 0. The maximum atomic E-state index is 2.42. The fraction of sp³-hybridized carbons (Fsp3) is 0.647. The van der Waals surface area contributed by atoms with Crippen LogP contribution in [0.2, 0.25) is 0 Å². The van der Waals surface area contributed by atoms with E-state index in [0.29, 0.717) is 0 Å². The minimum Gasteiger partial charge on any atom is -0.0625 e. The van der Waals surface area contributed by atoms with Crippen molar-refractivity contribution in [2.45, 2.75) is 52.4 Å². The highest BCUT2D eigenvalue weighted by Crippen LogP contribution is 2.40. The third kappa shape index (κ3) is 3.12. The van der Waals surface area contributed by atoms with Crippen LogP contribution >= 0.6 is 0 Å². The van der Waals surface area contributed by atoms with Crippen LogP contribution in [0.25, 0.3) is 0 Å². The zero-order valence-electron chi connectivity index (χ0n) is 11.5. The Morgan fingerprint density at radius 1 is 0.941 bits per heavy atom. The fourth-order valence-electron chi connectivity index (χ4n) is 3.36. The van der Waals surface area contributed by atoms with E-state index in [9.17, 15) is 0 Å². The van der Waals surface area contributed by atoms with Crippen molar-refractivity contribution in [2.75, 3.05) is 0 Å². The molecule has 0 heterocycles. The van der Waals surface area contributed by atoms with Gasteiger partial charge in [0, 0.05) is 0 Å². The van der Waals surface area contributed by atoms with Crippen molar-refractivity contribution in [1.29, 1.82) is 0 Å². The normalized spacial score (nSPS) is 27.1. The molecule has 1 saturated carbocycles. The lowest BCUT2D eigenvalue weighted by Crippen LogP contribution is -2.23. The molecule has 1 aliphatic rings. The van der Waals surface area contributed by atoms with E-state index in [-0.39, 0.29) is 0 Å². The van der Waals surface area contributed by atoms with E-state index in [1.165, 1.54) is 31.2 Å². The number of benzene rings is 1. The van der Waals surface area contributed by atoms with Gasteiger partial charge in [-0.05, 0) is 42.1 Å². The van der Waals surface area contributed by atoms with Crippen molar-refractivity contribution >= 4 is 0 Å². The van der Waals surface area contributed by atoms with Crippen molar-refractivity contribution in [2.24, 2.45) is 17.8 Å². The first-order valence-corrected chi connectivity index (χ1v) is 7.23. The summed E-state index contributed by atoms with van der Waals surface area (Å²) in [6.45, 7) is 7.20. The number of hydrogen-bond donors (Lipinski definition) is 0. The van der Waals surface area contributed by atoms with Crippen LogP contribution in [-0.4, -0.2) is 0 Å². The summed E-state index contributed by atoms with van der Waals surface area (Å²) in [6.07, 6.45) is 5.76. The molecule has 0 bridgehead atoms. The maximum absolute atomic E-state index is 2.42. The quantitative estimate of drug-likeness (QED) is 0.665. The Hall–Kier alpha value is -0.780. The van der Waals surface area contributed by atoms with Crippen LogP contribution in [0.1, 0.15) is 57.9 Å².